The topological polar surface area (TPSA) is 40.5 Å². The molecule has 0 heterocycles. The molecule has 0 bridgehead atoms. The number of halogens is 2. The molecule has 222 valence electrons. The van der Waals surface area contributed by atoms with E-state index in [0.717, 1.165) is 50.6 Å². The fourth-order valence-corrected chi connectivity index (χ4v) is 5.85. The van der Waals surface area contributed by atoms with Crippen LogP contribution in [0, 0.1) is 11.6 Å². The van der Waals surface area contributed by atoms with E-state index in [1.807, 2.05) is 109 Å². The fraction of sp³-hybridized carbons (Fsp3) is 0. The number of phenolic OH excluding ortho intramolecular Hbond substituents is 2. The smallest absolute Gasteiger partial charge is 0.131 e. The molecular weight excluding hydrogens is 574 g/mol. The van der Waals surface area contributed by atoms with Crippen molar-refractivity contribution in [3.8, 4) is 78.3 Å². The number of benzene rings is 7. The molecule has 0 saturated carbocycles. The molecule has 4 heteroatoms. The summed E-state index contributed by atoms with van der Waals surface area (Å²) in [7, 11) is 0. The summed E-state index contributed by atoms with van der Waals surface area (Å²) in [6.07, 6.45) is 0. The van der Waals surface area contributed by atoms with Gasteiger partial charge in [-0.25, -0.2) is 8.78 Å². The van der Waals surface area contributed by atoms with Crippen LogP contribution in [0.15, 0.2) is 158 Å². The van der Waals surface area contributed by atoms with Crippen LogP contribution in [0.25, 0.3) is 66.8 Å². The molecule has 0 fully saturated rings. The van der Waals surface area contributed by atoms with E-state index in [1.54, 1.807) is 24.3 Å². The normalized spacial score (nSPS) is 11.0. The van der Waals surface area contributed by atoms with Crippen molar-refractivity contribution >= 4 is 0 Å². The molecule has 0 aliphatic carbocycles. The molecule has 0 saturated heterocycles. The molecule has 46 heavy (non-hydrogen) atoms. The molecule has 2 N–H and O–H groups in total. The molecule has 0 atom stereocenters. The first kappa shape index (κ1) is 28.8. The fourth-order valence-electron chi connectivity index (χ4n) is 5.85. The Morgan fingerprint density at radius 2 is 0.630 bits per heavy atom. The molecule has 0 amide bonds. The first-order valence-electron chi connectivity index (χ1n) is 14.9. The van der Waals surface area contributed by atoms with Gasteiger partial charge >= 0.3 is 0 Å². The lowest BCUT2D eigenvalue weighted by molar-refractivity contribution is 0.452. The third-order valence-corrected chi connectivity index (χ3v) is 8.23. The van der Waals surface area contributed by atoms with Crippen LogP contribution in [0.4, 0.5) is 8.78 Å². The van der Waals surface area contributed by atoms with Gasteiger partial charge < -0.3 is 10.2 Å². The van der Waals surface area contributed by atoms with Crippen molar-refractivity contribution < 1.29 is 19.0 Å². The van der Waals surface area contributed by atoms with E-state index in [0.29, 0.717) is 0 Å². The summed E-state index contributed by atoms with van der Waals surface area (Å²) in [4.78, 5) is 0. The monoisotopic (exact) mass is 602 g/mol. The Morgan fingerprint density at radius 3 is 1.04 bits per heavy atom. The third-order valence-electron chi connectivity index (χ3n) is 8.23. The van der Waals surface area contributed by atoms with Crippen molar-refractivity contribution in [2.45, 2.75) is 0 Å². The maximum atomic E-state index is 15.4. The van der Waals surface area contributed by atoms with E-state index >= 15 is 8.78 Å². The zero-order chi connectivity index (χ0) is 31.6. The minimum Gasteiger partial charge on any atom is -0.507 e. The predicted molar refractivity (Wildman–Crippen MR) is 182 cm³/mol. The summed E-state index contributed by atoms with van der Waals surface area (Å²) < 4.78 is 30.8. The van der Waals surface area contributed by atoms with Crippen LogP contribution in [0.5, 0.6) is 11.5 Å². The van der Waals surface area contributed by atoms with E-state index < -0.39 is 11.6 Å². The van der Waals surface area contributed by atoms with Gasteiger partial charge in [0.25, 0.3) is 0 Å². The second-order valence-electron chi connectivity index (χ2n) is 11.2. The summed E-state index contributed by atoms with van der Waals surface area (Å²) in [6, 6.07) is 47.8. The largest absolute Gasteiger partial charge is 0.507 e. The number of aromatic hydroxyl groups is 2. The summed E-state index contributed by atoms with van der Waals surface area (Å²) in [5.41, 5.74) is 7.94. The molecule has 7 rings (SSSR count). The predicted octanol–water partition coefficient (Wildman–Crippen LogP) is 11.4. The molecular formula is C42H28F2O2. The van der Waals surface area contributed by atoms with Crippen LogP contribution >= 0.6 is 0 Å². The lowest BCUT2D eigenvalue weighted by atomic mass is 9.92. The van der Waals surface area contributed by atoms with E-state index in [9.17, 15) is 10.2 Å². The summed E-state index contributed by atoms with van der Waals surface area (Å²) in [5, 5.41) is 21.8. The SMILES string of the molecule is Oc1cc(O)c(-c2cc(-c3cccc(-c4ccccc4)c3)ccc2F)cc1-c1cc(-c2cccc(-c3ccccc3)c2)ccc1F. The zero-order valence-corrected chi connectivity index (χ0v) is 24.7. The van der Waals surface area contributed by atoms with Gasteiger partial charge in [-0.05, 0) is 87.0 Å². The average Bonchev–Trinajstić information content (AvgIpc) is 3.10. The van der Waals surface area contributed by atoms with Crippen molar-refractivity contribution in [3.05, 3.63) is 169 Å². The Bertz CT molecular complexity index is 2040. The van der Waals surface area contributed by atoms with Gasteiger partial charge in [0.15, 0.2) is 0 Å². The maximum absolute atomic E-state index is 15.4. The van der Waals surface area contributed by atoms with Crippen LogP contribution in [-0.2, 0) is 0 Å². The Hall–Kier alpha value is -6.00. The van der Waals surface area contributed by atoms with E-state index in [1.165, 1.54) is 18.2 Å². The van der Waals surface area contributed by atoms with Gasteiger partial charge in [-0.2, -0.15) is 0 Å². The zero-order valence-electron chi connectivity index (χ0n) is 24.7. The maximum Gasteiger partial charge on any atom is 0.131 e. The van der Waals surface area contributed by atoms with Crippen molar-refractivity contribution in [2.24, 2.45) is 0 Å². The van der Waals surface area contributed by atoms with Gasteiger partial charge in [-0.3, -0.25) is 0 Å². The minimum absolute atomic E-state index is 0.133. The van der Waals surface area contributed by atoms with Gasteiger partial charge in [0, 0.05) is 28.3 Å². The third kappa shape index (κ3) is 5.64. The molecule has 0 aromatic heterocycles. The minimum atomic E-state index is -0.554. The van der Waals surface area contributed by atoms with Crippen LogP contribution in [0.1, 0.15) is 0 Å². The Labute approximate surface area is 266 Å². The molecule has 7 aromatic rings. The average molecular weight is 603 g/mol. The molecule has 0 spiro atoms. The Balaban J connectivity index is 1.29. The molecule has 0 aliphatic rings. The highest BCUT2D eigenvalue weighted by Crippen LogP contribution is 2.43. The second kappa shape index (κ2) is 12.2. The van der Waals surface area contributed by atoms with Crippen LogP contribution < -0.4 is 0 Å². The molecule has 0 unspecified atom stereocenters. The summed E-state index contributed by atoms with van der Waals surface area (Å²) >= 11 is 0. The van der Waals surface area contributed by atoms with E-state index in [2.05, 4.69) is 0 Å². The quantitative estimate of drug-likeness (QED) is 0.199. The van der Waals surface area contributed by atoms with Gasteiger partial charge in [-0.1, -0.05) is 109 Å². The van der Waals surface area contributed by atoms with Crippen LogP contribution in [0.3, 0.4) is 0 Å². The summed E-state index contributed by atoms with van der Waals surface area (Å²) in [6.45, 7) is 0. The highest BCUT2D eigenvalue weighted by molar-refractivity contribution is 5.86. The first-order chi connectivity index (χ1) is 22.4. The van der Waals surface area contributed by atoms with E-state index in [4.69, 9.17) is 0 Å². The van der Waals surface area contributed by atoms with Gasteiger partial charge in [-0.15, -0.1) is 0 Å². The van der Waals surface area contributed by atoms with Crippen molar-refractivity contribution in [1.82, 2.24) is 0 Å². The number of hydrogen-bond donors (Lipinski definition) is 2. The van der Waals surface area contributed by atoms with Gasteiger partial charge in [0.1, 0.15) is 23.1 Å². The van der Waals surface area contributed by atoms with Crippen molar-refractivity contribution in [3.63, 3.8) is 0 Å². The lowest BCUT2D eigenvalue weighted by Gasteiger charge is -2.15. The molecule has 7 aromatic carbocycles. The van der Waals surface area contributed by atoms with Gasteiger partial charge in [0.2, 0.25) is 0 Å². The summed E-state index contributed by atoms with van der Waals surface area (Å²) in [5.74, 6) is -1.74. The lowest BCUT2D eigenvalue weighted by Crippen LogP contribution is -1.92. The molecule has 2 nitrogen and oxygen atoms in total. The van der Waals surface area contributed by atoms with Crippen LogP contribution in [-0.4, -0.2) is 10.2 Å². The van der Waals surface area contributed by atoms with Crippen molar-refractivity contribution in [2.75, 3.05) is 0 Å². The van der Waals surface area contributed by atoms with Crippen molar-refractivity contribution in [1.29, 1.82) is 0 Å². The Morgan fingerprint density at radius 1 is 0.283 bits per heavy atom. The standard InChI is InChI=1S/C42H28F2O2/c43-39-19-17-33(31-15-7-13-29(21-31)27-9-3-1-4-10-27)23-35(39)37-25-38(42(46)26-41(37)45)36-24-34(18-20-40(36)44)32-16-8-14-30(22-32)28-11-5-2-6-12-28/h1-26,45-46H. The van der Waals surface area contributed by atoms with E-state index in [-0.39, 0.29) is 33.8 Å². The number of phenols is 2. The van der Waals surface area contributed by atoms with Crippen LogP contribution in [0.2, 0.25) is 0 Å². The van der Waals surface area contributed by atoms with Gasteiger partial charge in [0.05, 0.1) is 0 Å². The number of rotatable bonds is 6. The Kier molecular flexibility index (Phi) is 7.61. The molecule has 0 aliphatic heterocycles. The first-order valence-corrected chi connectivity index (χ1v) is 14.9. The second-order valence-corrected chi connectivity index (χ2v) is 11.2. The number of hydrogen-bond acceptors (Lipinski definition) is 2. The highest BCUT2D eigenvalue weighted by Gasteiger charge is 2.19. The molecule has 0 radical (unpaired) electrons. The highest BCUT2D eigenvalue weighted by atomic mass is 19.1.